The maximum absolute atomic E-state index is 12.0. The van der Waals surface area contributed by atoms with Gasteiger partial charge in [-0.25, -0.2) is 0 Å². The molecule has 0 aliphatic rings. The van der Waals surface area contributed by atoms with Crippen LogP contribution in [-0.2, 0) is 0 Å². The number of Topliss-reactive ketones (excluding diaryl/α,β-unsaturated/α-hetero) is 1. The standard InChI is InChI=1S/C11H18N2O4/c1-5(2)8(12)9(14)7-6(3)10(15)13(17-4)11(7)16/h5,8,15-16H,12H2,1-4H3/t8-/m0/s1. The molecule has 0 aromatic carbocycles. The van der Waals surface area contributed by atoms with E-state index in [4.69, 9.17) is 10.6 Å². The van der Waals surface area contributed by atoms with E-state index in [0.29, 0.717) is 0 Å². The zero-order valence-corrected chi connectivity index (χ0v) is 10.4. The lowest BCUT2D eigenvalue weighted by atomic mass is 9.95. The van der Waals surface area contributed by atoms with Crippen LogP contribution in [0.4, 0.5) is 0 Å². The van der Waals surface area contributed by atoms with Crippen LogP contribution >= 0.6 is 0 Å². The second kappa shape index (κ2) is 4.67. The number of aromatic hydroxyl groups is 2. The minimum absolute atomic E-state index is 0.00514. The number of rotatable bonds is 4. The second-order valence-corrected chi connectivity index (χ2v) is 4.26. The van der Waals surface area contributed by atoms with E-state index in [-0.39, 0.29) is 22.9 Å². The SMILES string of the molecule is COn1c(O)c(C)c(C(=O)[C@@H](N)C(C)C)c1O. The molecule has 1 atom stereocenters. The summed E-state index contributed by atoms with van der Waals surface area (Å²) in [5, 5.41) is 19.4. The summed E-state index contributed by atoms with van der Waals surface area (Å²) in [6.07, 6.45) is 0. The molecule has 0 saturated heterocycles. The Morgan fingerprint density at radius 1 is 1.35 bits per heavy atom. The summed E-state index contributed by atoms with van der Waals surface area (Å²) in [7, 11) is 1.27. The van der Waals surface area contributed by atoms with Gasteiger partial charge >= 0.3 is 0 Å². The van der Waals surface area contributed by atoms with E-state index in [1.807, 2.05) is 13.8 Å². The van der Waals surface area contributed by atoms with Crippen LogP contribution in [0.2, 0.25) is 0 Å². The zero-order valence-electron chi connectivity index (χ0n) is 10.4. The molecule has 0 unspecified atom stereocenters. The fourth-order valence-corrected chi connectivity index (χ4v) is 1.57. The van der Waals surface area contributed by atoms with Gasteiger partial charge in [0.25, 0.3) is 0 Å². The lowest BCUT2D eigenvalue weighted by molar-refractivity contribution is 0.0926. The molecule has 0 fully saturated rings. The fraction of sp³-hybridized carbons (Fsp3) is 0.545. The first-order valence-electron chi connectivity index (χ1n) is 5.30. The number of carbonyl (C=O) groups is 1. The van der Waals surface area contributed by atoms with Gasteiger partial charge in [-0.2, -0.15) is 0 Å². The molecule has 0 aliphatic heterocycles. The molecule has 96 valence electrons. The van der Waals surface area contributed by atoms with Gasteiger partial charge in [-0.15, -0.1) is 4.73 Å². The van der Waals surface area contributed by atoms with Crippen molar-refractivity contribution in [2.45, 2.75) is 26.8 Å². The van der Waals surface area contributed by atoms with E-state index >= 15 is 0 Å². The Labute approximate surface area is 99.6 Å². The van der Waals surface area contributed by atoms with Gasteiger partial charge in [-0.3, -0.25) is 4.79 Å². The number of nitrogens with two attached hydrogens (primary N) is 1. The summed E-state index contributed by atoms with van der Waals surface area (Å²) in [6, 6.07) is -0.730. The smallest absolute Gasteiger partial charge is 0.240 e. The van der Waals surface area contributed by atoms with Crippen molar-refractivity contribution in [3.63, 3.8) is 0 Å². The van der Waals surface area contributed by atoms with Crippen molar-refractivity contribution in [2.75, 3.05) is 7.11 Å². The summed E-state index contributed by atoms with van der Waals surface area (Å²) in [5.41, 5.74) is 6.00. The maximum atomic E-state index is 12.0. The molecule has 1 aromatic rings. The lowest BCUT2D eigenvalue weighted by Crippen LogP contribution is -2.35. The lowest BCUT2D eigenvalue weighted by Gasteiger charge is -2.13. The molecule has 1 heterocycles. The van der Waals surface area contributed by atoms with Gasteiger partial charge in [0.15, 0.2) is 5.78 Å². The molecule has 1 rings (SSSR count). The first-order valence-corrected chi connectivity index (χ1v) is 5.30. The van der Waals surface area contributed by atoms with Crippen LogP contribution in [0, 0.1) is 12.8 Å². The normalized spacial score (nSPS) is 12.8. The summed E-state index contributed by atoms with van der Waals surface area (Å²) in [5.74, 6) is -1.21. The van der Waals surface area contributed by atoms with Crippen LogP contribution in [0.3, 0.4) is 0 Å². The van der Waals surface area contributed by atoms with Crippen molar-refractivity contribution in [3.05, 3.63) is 11.1 Å². The van der Waals surface area contributed by atoms with Crippen LogP contribution < -0.4 is 10.6 Å². The van der Waals surface area contributed by atoms with Crippen LogP contribution in [0.1, 0.15) is 29.8 Å². The molecule has 0 spiro atoms. The largest absolute Gasteiger partial charge is 0.492 e. The van der Waals surface area contributed by atoms with E-state index < -0.39 is 17.7 Å². The number of hydrogen-bond donors (Lipinski definition) is 3. The average molecular weight is 242 g/mol. The highest BCUT2D eigenvalue weighted by molar-refractivity contribution is 6.04. The molecule has 1 aromatic heterocycles. The summed E-state index contributed by atoms with van der Waals surface area (Å²) in [6.45, 7) is 5.13. The maximum Gasteiger partial charge on any atom is 0.240 e. The predicted molar refractivity (Wildman–Crippen MR) is 62.1 cm³/mol. The molecule has 0 saturated carbocycles. The Morgan fingerprint density at radius 2 is 1.88 bits per heavy atom. The molecule has 4 N–H and O–H groups in total. The predicted octanol–water partition coefficient (Wildman–Crippen LogP) is 0.432. The number of carbonyl (C=O) groups excluding carboxylic acids is 1. The van der Waals surface area contributed by atoms with E-state index in [9.17, 15) is 15.0 Å². The van der Waals surface area contributed by atoms with Gasteiger partial charge in [0.05, 0.1) is 11.6 Å². The molecular weight excluding hydrogens is 224 g/mol. The van der Waals surface area contributed by atoms with Crippen molar-refractivity contribution in [2.24, 2.45) is 11.7 Å². The van der Waals surface area contributed by atoms with Crippen LogP contribution in [-0.4, -0.2) is 33.9 Å². The van der Waals surface area contributed by atoms with Crippen molar-refractivity contribution in [3.8, 4) is 11.8 Å². The zero-order chi connectivity index (χ0) is 13.3. The molecule has 0 bridgehead atoms. The summed E-state index contributed by atoms with van der Waals surface area (Å²) >= 11 is 0. The first kappa shape index (κ1) is 13.4. The molecule has 6 heteroatoms. The van der Waals surface area contributed by atoms with E-state index in [0.717, 1.165) is 4.73 Å². The molecule has 17 heavy (non-hydrogen) atoms. The fourth-order valence-electron chi connectivity index (χ4n) is 1.57. The average Bonchev–Trinajstić information content (AvgIpc) is 2.48. The quantitative estimate of drug-likeness (QED) is 0.665. The van der Waals surface area contributed by atoms with Gasteiger partial charge in [0, 0.05) is 5.56 Å². The molecule has 0 amide bonds. The first-order chi connectivity index (χ1) is 7.82. The van der Waals surface area contributed by atoms with Gasteiger partial charge in [0.2, 0.25) is 11.8 Å². The van der Waals surface area contributed by atoms with E-state index in [1.54, 1.807) is 0 Å². The minimum atomic E-state index is -0.730. The number of nitrogens with zero attached hydrogens (tertiary/aromatic N) is 1. The third kappa shape index (κ3) is 2.08. The highest BCUT2D eigenvalue weighted by Gasteiger charge is 2.29. The highest BCUT2D eigenvalue weighted by Crippen LogP contribution is 2.33. The Hall–Kier alpha value is -1.69. The number of ketones is 1. The molecule has 6 nitrogen and oxygen atoms in total. The Balaban J connectivity index is 3.28. The van der Waals surface area contributed by atoms with Gasteiger partial charge < -0.3 is 20.8 Å². The van der Waals surface area contributed by atoms with E-state index in [1.165, 1.54) is 14.0 Å². The Bertz CT molecular complexity index is 437. The molecule has 0 aliphatic carbocycles. The van der Waals surface area contributed by atoms with Gasteiger partial charge in [-0.1, -0.05) is 13.8 Å². The third-order valence-corrected chi connectivity index (χ3v) is 2.77. The minimum Gasteiger partial charge on any atom is -0.492 e. The van der Waals surface area contributed by atoms with Crippen molar-refractivity contribution in [1.82, 2.24) is 4.73 Å². The van der Waals surface area contributed by atoms with Crippen LogP contribution in [0.15, 0.2) is 0 Å². The molecule has 0 radical (unpaired) electrons. The Morgan fingerprint density at radius 3 is 2.24 bits per heavy atom. The number of hydrogen-bond acceptors (Lipinski definition) is 5. The highest BCUT2D eigenvalue weighted by atomic mass is 16.7. The summed E-state index contributed by atoms with van der Waals surface area (Å²) in [4.78, 5) is 16.8. The van der Waals surface area contributed by atoms with Crippen LogP contribution in [0.25, 0.3) is 0 Å². The van der Waals surface area contributed by atoms with E-state index in [2.05, 4.69) is 0 Å². The van der Waals surface area contributed by atoms with Crippen molar-refractivity contribution in [1.29, 1.82) is 0 Å². The van der Waals surface area contributed by atoms with Crippen LogP contribution in [0.5, 0.6) is 11.8 Å². The Kier molecular flexibility index (Phi) is 3.67. The topological polar surface area (TPSA) is 97.7 Å². The second-order valence-electron chi connectivity index (χ2n) is 4.26. The third-order valence-electron chi connectivity index (χ3n) is 2.77. The van der Waals surface area contributed by atoms with Gasteiger partial charge in [0.1, 0.15) is 7.11 Å². The monoisotopic (exact) mass is 242 g/mol. The molecular formula is C11H18N2O4. The number of aromatic nitrogens is 1. The van der Waals surface area contributed by atoms with Gasteiger partial charge in [-0.05, 0) is 12.8 Å². The van der Waals surface area contributed by atoms with Crippen molar-refractivity contribution < 1.29 is 19.8 Å². The summed E-state index contributed by atoms with van der Waals surface area (Å²) < 4.78 is 0.787. The van der Waals surface area contributed by atoms with Crippen molar-refractivity contribution >= 4 is 5.78 Å².